The third-order valence-electron chi connectivity index (χ3n) is 3.81. The average molecular weight is 325 g/mol. The van der Waals surface area contributed by atoms with E-state index in [4.69, 9.17) is 4.74 Å². The minimum Gasteiger partial charge on any atom is -0.371 e. The molecule has 22 heavy (non-hydrogen) atoms. The van der Waals surface area contributed by atoms with Crippen LogP contribution in [0.3, 0.4) is 0 Å². The standard InChI is InChI=1S/C16H23NO4S/c1-22(19,20)11-10-16(18)17-14-8-5-9-15(14)21-12-13-6-3-2-4-7-13/h2-4,6-7,14-15H,5,8-12H2,1H3,(H,17,18). The van der Waals surface area contributed by atoms with Crippen LogP contribution in [0, 0.1) is 0 Å². The molecule has 5 nitrogen and oxygen atoms in total. The second-order valence-corrected chi connectivity index (χ2v) is 8.08. The van der Waals surface area contributed by atoms with Gasteiger partial charge in [-0.2, -0.15) is 0 Å². The summed E-state index contributed by atoms with van der Waals surface area (Å²) in [6, 6.07) is 9.90. The Morgan fingerprint density at radius 3 is 2.68 bits per heavy atom. The molecule has 1 aromatic rings. The highest BCUT2D eigenvalue weighted by molar-refractivity contribution is 7.90. The average Bonchev–Trinajstić information content (AvgIpc) is 2.90. The van der Waals surface area contributed by atoms with Gasteiger partial charge in [0.2, 0.25) is 5.91 Å². The van der Waals surface area contributed by atoms with Crippen molar-refractivity contribution in [1.29, 1.82) is 0 Å². The fourth-order valence-electron chi connectivity index (χ4n) is 2.63. The lowest BCUT2D eigenvalue weighted by Gasteiger charge is -2.21. The van der Waals surface area contributed by atoms with Crippen LogP contribution in [-0.4, -0.2) is 38.5 Å². The van der Waals surface area contributed by atoms with Gasteiger partial charge in [-0.1, -0.05) is 30.3 Å². The molecule has 2 rings (SSSR count). The number of sulfone groups is 1. The highest BCUT2D eigenvalue weighted by atomic mass is 32.2. The summed E-state index contributed by atoms with van der Waals surface area (Å²) in [6.07, 6.45) is 3.97. The number of rotatable bonds is 7. The molecule has 1 saturated carbocycles. The molecule has 1 aliphatic carbocycles. The van der Waals surface area contributed by atoms with E-state index in [9.17, 15) is 13.2 Å². The molecule has 1 fully saturated rings. The Labute approximate surface area is 132 Å². The van der Waals surface area contributed by atoms with Gasteiger partial charge in [-0.3, -0.25) is 4.79 Å². The van der Waals surface area contributed by atoms with E-state index in [1.54, 1.807) is 0 Å². The Bertz CT molecular complexity index is 585. The van der Waals surface area contributed by atoms with Crippen molar-refractivity contribution in [2.24, 2.45) is 0 Å². The highest BCUT2D eigenvalue weighted by Gasteiger charge is 2.29. The second-order valence-electron chi connectivity index (χ2n) is 5.82. The Morgan fingerprint density at radius 2 is 2.00 bits per heavy atom. The number of ether oxygens (including phenoxy) is 1. The maximum absolute atomic E-state index is 11.8. The number of nitrogens with one attached hydrogen (secondary N) is 1. The van der Waals surface area contributed by atoms with Crippen molar-refractivity contribution in [2.45, 2.75) is 44.4 Å². The summed E-state index contributed by atoms with van der Waals surface area (Å²) in [7, 11) is -3.10. The first-order valence-electron chi connectivity index (χ1n) is 7.57. The maximum atomic E-state index is 11.8. The second kappa shape index (κ2) is 7.74. The van der Waals surface area contributed by atoms with E-state index >= 15 is 0 Å². The van der Waals surface area contributed by atoms with Gasteiger partial charge in [0.1, 0.15) is 9.84 Å². The summed E-state index contributed by atoms with van der Waals surface area (Å²) >= 11 is 0. The minimum absolute atomic E-state index is 0.00221. The van der Waals surface area contributed by atoms with Gasteiger partial charge >= 0.3 is 0 Å². The predicted molar refractivity (Wildman–Crippen MR) is 85.1 cm³/mol. The van der Waals surface area contributed by atoms with Gasteiger partial charge < -0.3 is 10.1 Å². The number of benzene rings is 1. The predicted octanol–water partition coefficient (Wildman–Crippen LogP) is 1.68. The molecule has 0 aromatic heterocycles. The third kappa shape index (κ3) is 5.77. The SMILES string of the molecule is CS(=O)(=O)CCC(=O)NC1CCCC1OCc1ccccc1. The zero-order valence-corrected chi connectivity index (χ0v) is 13.6. The lowest BCUT2D eigenvalue weighted by Crippen LogP contribution is -2.41. The van der Waals surface area contributed by atoms with E-state index in [1.165, 1.54) is 0 Å². The van der Waals surface area contributed by atoms with Crippen molar-refractivity contribution in [3.63, 3.8) is 0 Å². The lowest BCUT2D eigenvalue weighted by molar-refractivity contribution is -0.122. The van der Waals surface area contributed by atoms with Crippen LogP contribution < -0.4 is 5.32 Å². The smallest absolute Gasteiger partial charge is 0.221 e. The van der Waals surface area contributed by atoms with Crippen molar-refractivity contribution >= 4 is 15.7 Å². The molecule has 0 saturated heterocycles. The fraction of sp³-hybridized carbons (Fsp3) is 0.562. The number of amides is 1. The molecule has 1 N–H and O–H groups in total. The van der Waals surface area contributed by atoms with Crippen LogP contribution in [0.2, 0.25) is 0 Å². The summed E-state index contributed by atoms with van der Waals surface area (Å²) in [5.74, 6) is -0.327. The fourth-order valence-corrected chi connectivity index (χ4v) is 3.18. The van der Waals surface area contributed by atoms with Crippen molar-refractivity contribution in [1.82, 2.24) is 5.32 Å². The first-order valence-corrected chi connectivity index (χ1v) is 9.63. The normalized spacial score (nSPS) is 21.7. The van der Waals surface area contributed by atoms with Crippen molar-refractivity contribution in [3.05, 3.63) is 35.9 Å². The Morgan fingerprint density at radius 1 is 1.27 bits per heavy atom. The molecule has 0 radical (unpaired) electrons. The zero-order valence-electron chi connectivity index (χ0n) is 12.8. The molecular weight excluding hydrogens is 302 g/mol. The third-order valence-corrected chi connectivity index (χ3v) is 4.75. The van der Waals surface area contributed by atoms with E-state index in [1.807, 2.05) is 30.3 Å². The molecule has 2 atom stereocenters. The molecular formula is C16H23NO4S. The topological polar surface area (TPSA) is 72.5 Å². The number of carbonyl (C=O) groups excluding carboxylic acids is 1. The van der Waals surface area contributed by atoms with E-state index in [0.29, 0.717) is 6.61 Å². The summed E-state index contributed by atoms with van der Waals surface area (Å²) in [5, 5.41) is 2.91. The molecule has 122 valence electrons. The Kier molecular flexibility index (Phi) is 5.97. The molecule has 1 amide bonds. The van der Waals surface area contributed by atoms with Crippen LogP contribution in [0.4, 0.5) is 0 Å². The Hall–Kier alpha value is -1.40. The van der Waals surface area contributed by atoms with Crippen LogP contribution in [-0.2, 0) is 26.0 Å². The van der Waals surface area contributed by atoms with E-state index in [0.717, 1.165) is 31.1 Å². The van der Waals surface area contributed by atoms with Crippen LogP contribution in [0.25, 0.3) is 0 Å². The minimum atomic E-state index is -3.10. The zero-order chi connectivity index (χ0) is 16.0. The molecule has 0 spiro atoms. The van der Waals surface area contributed by atoms with Crippen LogP contribution in [0.1, 0.15) is 31.2 Å². The van der Waals surface area contributed by atoms with Crippen molar-refractivity contribution in [3.8, 4) is 0 Å². The van der Waals surface area contributed by atoms with E-state index in [2.05, 4.69) is 5.32 Å². The first-order chi connectivity index (χ1) is 10.4. The van der Waals surface area contributed by atoms with Gasteiger partial charge in [-0.15, -0.1) is 0 Å². The molecule has 6 heteroatoms. The van der Waals surface area contributed by atoms with Crippen molar-refractivity contribution in [2.75, 3.05) is 12.0 Å². The highest BCUT2D eigenvalue weighted by Crippen LogP contribution is 2.23. The van der Waals surface area contributed by atoms with Gasteiger partial charge in [0.25, 0.3) is 0 Å². The first kappa shape index (κ1) is 17.0. The monoisotopic (exact) mass is 325 g/mol. The summed E-state index contributed by atoms with van der Waals surface area (Å²) < 4.78 is 28.1. The van der Waals surface area contributed by atoms with E-state index in [-0.39, 0.29) is 30.2 Å². The Balaban J connectivity index is 1.79. The molecule has 2 unspecified atom stereocenters. The van der Waals surface area contributed by atoms with E-state index < -0.39 is 9.84 Å². The van der Waals surface area contributed by atoms with Crippen LogP contribution >= 0.6 is 0 Å². The quantitative estimate of drug-likeness (QED) is 0.828. The molecule has 0 heterocycles. The van der Waals surface area contributed by atoms with Crippen LogP contribution in [0.15, 0.2) is 30.3 Å². The summed E-state index contributed by atoms with van der Waals surface area (Å²) in [5.41, 5.74) is 1.11. The van der Waals surface area contributed by atoms with Gasteiger partial charge in [0.05, 0.1) is 24.5 Å². The van der Waals surface area contributed by atoms with Crippen molar-refractivity contribution < 1.29 is 17.9 Å². The number of hydrogen-bond donors (Lipinski definition) is 1. The molecule has 0 bridgehead atoms. The summed E-state index contributed by atoms with van der Waals surface area (Å²) in [4.78, 5) is 11.8. The van der Waals surface area contributed by atoms with Gasteiger partial charge in [0.15, 0.2) is 0 Å². The number of carbonyl (C=O) groups is 1. The van der Waals surface area contributed by atoms with Gasteiger partial charge in [-0.05, 0) is 24.8 Å². The maximum Gasteiger partial charge on any atom is 0.221 e. The van der Waals surface area contributed by atoms with Gasteiger partial charge in [0, 0.05) is 12.7 Å². The molecule has 1 aliphatic rings. The van der Waals surface area contributed by atoms with Gasteiger partial charge in [-0.25, -0.2) is 8.42 Å². The summed E-state index contributed by atoms with van der Waals surface area (Å²) in [6.45, 7) is 0.529. The molecule has 1 aromatic carbocycles. The van der Waals surface area contributed by atoms with Crippen LogP contribution in [0.5, 0.6) is 0 Å². The largest absolute Gasteiger partial charge is 0.371 e. The lowest BCUT2D eigenvalue weighted by atomic mass is 10.2. The number of hydrogen-bond acceptors (Lipinski definition) is 4. The molecule has 0 aliphatic heterocycles.